The van der Waals surface area contributed by atoms with Crippen molar-refractivity contribution in [2.45, 2.75) is 32.0 Å². The predicted molar refractivity (Wildman–Crippen MR) is 97.2 cm³/mol. The van der Waals surface area contributed by atoms with Crippen LogP contribution < -0.4 is 5.32 Å². The molecule has 1 saturated heterocycles. The molecule has 3 nitrogen and oxygen atoms in total. The predicted octanol–water partition coefficient (Wildman–Crippen LogP) is 4.48. The van der Waals surface area contributed by atoms with E-state index in [1.165, 1.54) is 12.1 Å². The molecule has 2 heterocycles. The number of carbonyl (C=O) groups excluding carboxylic acids is 1. The van der Waals surface area contributed by atoms with E-state index in [0.29, 0.717) is 19.5 Å². The van der Waals surface area contributed by atoms with E-state index < -0.39 is 17.2 Å². The molecule has 4 rings (SSSR count). The van der Waals surface area contributed by atoms with Crippen molar-refractivity contribution in [3.63, 3.8) is 0 Å². The zero-order valence-corrected chi connectivity index (χ0v) is 14.9. The third kappa shape index (κ3) is 3.58. The van der Waals surface area contributed by atoms with Gasteiger partial charge in [-0.15, -0.1) is 0 Å². The molecular formula is C21H21F3N2O. The first-order valence-corrected chi connectivity index (χ1v) is 9.14. The van der Waals surface area contributed by atoms with Crippen LogP contribution in [-0.2, 0) is 23.9 Å². The molecule has 0 aromatic heterocycles. The summed E-state index contributed by atoms with van der Waals surface area (Å²) in [5, 5.41) is 3.04. The zero-order valence-electron chi connectivity index (χ0n) is 14.9. The number of benzene rings is 2. The SMILES string of the molecule is O=C1Nc2ccccc2CC12CCCN(Cc1ccc(C(F)(F)F)cc1)C2. The van der Waals surface area contributed by atoms with Gasteiger partial charge in [-0.05, 0) is 55.1 Å². The van der Waals surface area contributed by atoms with E-state index in [2.05, 4.69) is 10.2 Å². The maximum absolute atomic E-state index is 12.8. The molecule has 6 heteroatoms. The first-order valence-electron chi connectivity index (χ1n) is 9.14. The Morgan fingerprint density at radius 1 is 1.07 bits per heavy atom. The van der Waals surface area contributed by atoms with Gasteiger partial charge in [0.1, 0.15) is 0 Å². The topological polar surface area (TPSA) is 32.3 Å². The van der Waals surface area contributed by atoms with Gasteiger partial charge in [-0.1, -0.05) is 30.3 Å². The lowest BCUT2D eigenvalue weighted by Crippen LogP contribution is -2.52. The number of para-hydroxylation sites is 1. The lowest BCUT2D eigenvalue weighted by molar-refractivity contribution is -0.137. The molecule has 1 atom stereocenters. The van der Waals surface area contributed by atoms with E-state index in [-0.39, 0.29) is 5.91 Å². The average Bonchev–Trinajstić information content (AvgIpc) is 2.63. The number of fused-ring (bicyclic) bond motifs is 1. The molecule has 0 radical (unpaired) electrons. The highest BCUT2D eigenvalue weighted by Gasteiger charge is 2.45. The standard InChI is InChI=1S/C21H21F3N2O/c22-21(23,24)17-8-6-15(7-9-17)13-26-11-3-10-20(14-26)12-16-4-1-2-5-18(16)25-19(20)27/h1-2,4-9H,3,10-14H2,(H,25,27). The first-order chi connectivity index (χ1) is 12.9. The minimum atomic E-state index is -4.32. The third-order valence-electron chi connectivity index (χ3n) is 5.62. The molecule has 2 aromatic rings. The van der Waals surface area contributed by atoms with Gasteiger partial charge in [0.15, 0.2) is 0 Å². The second-order valence-corrected chi connectivity index (χ2v) is 7.58. The van der Waals surface area contributed by atoms with Crippen LogP contribution in [0.2, 0.25) is 0 Å². The van der Waals surface area contributed by atoms with Crippen molar-refractivity contribution in [3.05, 3.63) is 65.2 Å². The Morgan fingerprint density at radius 3 is 2.56 bits per heavy atom. The quantitative estimate of drug-likeness (QED) is 0.841. The minimum Gasteiger partial charge on any atom is -0.325 e. The highest BCUT2D eigenvalue weighted by Crippen LogP contribution is 2.40. The van der Waals surface area contributed by atoms with E-state index in [4.69, 9.17) is 0 Å². The number of alkyl halides is 3. The number of halogens is 3. The number of amides is 1. The van der Waals surface area contributed by atoms with Crippen LogP contribution in [-0.4, -0.2) is 23.9 Å². The van der Waals surface area contributed by atoms with Crippen molar-refractivity contribution >= 4 is 11.6 Å². The summed E-state index contributed by atoms with van der Waals surface area (Å²) in [5.74, 6) is 0.0540. The summed E-state index contributed by atoms with van der Waals surface area (Å²) in [5.41, 5.74) is 1.76. The van der Waals surface area contributed by atoms with Crippen molar-refractivity contribution in [2.24, 2.45) is 5.41 Å². The van der Waals surface area contributed by atoms with Crippen LogP contribution in [0, 0.1) is 5.41 Å². The molecule has 2 aliphatic rings. The Kier molecular flexibility index (Phi) is 4.46. The summed E-state index contributed by atoms with van der Waals surface area (Å²) in [7, 11) is 0. The van der Waals surface area contributed by atoms with Crippen molar-refractivity contribution in [3.8, 4) is 0 Å². The van der Waals surface area contributed by atoms with E-state index in [0.717, 1.165) is 48.3 Å². The van der Waals surface area contributed by atoms with E-state index in [1.54, 1.807) is 0 Å². The Morgan fingerprint density at radius 2 is 1.81 bits per heavy atom. The Balaban J connectivity index is 1.49. The van der Waals surface area contributed by atoms with Crippen molar-refractivity contribution < 1.29 is 18.0 Å². The van der Waals surface area contributed by atoms with Gasteiger partial charge in [0.05, 0.1) is 11.0 Å². The number of hydrogen-bond acceptors (Lipinski definition) is 2. The van der Waals surface area contributed by atoms with Gasteiger partial charge in [-0.3, -0.25) is 9.69 Å². The summed E-state index contributed by atoms with van der Waals surface area (Å²) < 4.78 is 38.2. The maximum Gasteiger partial charge on any atom is 0.416 e. The number of anilines is 1. The van der Waals surface area contributed by atoms with Crippen molar-refractivity contribution in [1.29, 1.82) is 0 Å². The normalized spacial score (nSPS) is 23.1. The molecule has 1 N–H and O–H groups in total. The summed E-state index contributed by atoms with van der Waals surface area (Å²) in [6.45, 7) is 2.01. The summed E-state index contributed by atoms with van der Waals surface area (Å²) in [6.07, 6.45) is -1.88. The molecular weight excluding hydrogens is 353 g/mol. The van der Waals surface area contributed by atoms with Crippen LogP contribution >= 0.6 is 0 Å². The number of nitrogens with zero attached hydrogens (tertiary/aromatic N) is 1. The third-order valence-corrected chi connectivity index (χ3v) is 5.62. The number of piperidine rings is 1. The fourth-order valence-corrected chi connectivity index (χ4v) is 4.25. The zero-order chi connectivity index (χ0) is 19.1. The molecule has 2 aliphatic heterocycles. The molecule has 1 spiro atoms. The molecule has 1 fully saturated rings. The number of carbonyl (C=O) groups is 1. The van der Waals surface area contributed by atoms with Gasteiger partial charge in [-0.2, -0.15) is 13.2 Å². The number of rotatable bonds is 2. The molecule has 142 valence electrons. The summed E-state index contributed by atoms with van der Waals surface area (Å²) in [6, 6.07) is 13.2. The highest BCUT2D eigenvalue weighted by molar-refractivity contribution is 5.98. The Bertz CT molecular complexity index is 847. The number of likely N-dealkylation sites (tertiary alicyclic amines) is 1. The fourth-order valence-electron chi connectivity index (χ4n) is 4.25. The van der Waals surface area contributed by atoms with Crippen LogP contribution in [0.3, 0.4) is 0 Å². The van der Waals surface area contributed by atoms with Gasteiger partial charge < -0.3 is 5.32 Å². The molecule has 1 amide bonds. The Hall–Kier alpha value is -2.34. The molecule has 0 aliphatic carbocycles. The Labute approximate surface area is 156 Å². The number of nitrogens with one attached hydrogen (secondary N) is 1. The van der Waals surface area contributed by atoms with Gasteiger partial charge >= 0.3 is 6.18 Å². The van der Waals surface area contributed by atoms with Crippen molar-refractivity contribution in [2.75, 3.05) is 18.4 Å². The molecule has 0 bridgehead atoms. The first kappa shape index (κ1) is 18.0. The molecule has 27 heavy (non-hydrogen) atoms. The van der Waals surface area contributed by atoms with Crippen LogP contribution in [0.5, 0.6) is 0 Å². The van der Waals surface area contributed by atoms with Gasteiger partial charge in [0.2, 0.25) is 5.91 Å². The lowest BCUT2D eigenvalue weighted by Gasteiger charge is -2.44. The second kappa shape index (κ2) is 6.68. The van der Waals surface area contributed by atoms with Crippen molar-refractivity contribution in [1.82, 2.24) is 4.90 Å². The molecule has 2 aromatic carbocycles. The highest BCUT2D eigenvalue weighted by atomic mass is 19.4. The summed E-state index contributed by atoms with van der Waals surface area (Å²) >= 11 is 0. The van der Waals surface area contributed by atoms with E-state index in [1.807, 2.05) is 24.3 Å². The van der Waals surface area contributed by atoms with Gasteiger partial charge in [0, 0.05) is 18.8 Å². The van der Waals surface area contributed by atoms with Crippen LogP contribution in [0.25, 0.3) is 0 Å². The van der Waals surface area contributed by atoms with Crippen LogP contribution in [0.15, 0.2) is 48.5 Å². The second-order valence-electron chi connectivity index (χ2n) is 7.58. The average molecular weight is 374 g/mol. The fraction of sp³-hybridized carbons (Fsp3) is 0.381. The maximum atomic E-state index is 12.8. The van der Waals surface area contributed by atoms with E-state index in [9.17, 15) is 18.0 Å². The van der Waals surface area contributed by atoms with Crippen LogP contribution in [0.4, 0.5) is 18.9 Å². The lowest BCUT2D eigenvalue weighted by atomic mass is 9.72. The monoisotopic (exact) mass is 374 g/mol. The molecule has 1 unspecified atom stereocenters. The smallest absolute Gasteiger partial charge is 0.325 e. The van der Waals surface area contributed by atoms with Gasteiger partial charge in [0.25, 0.3) is 0 Å². The minimum absolute atomic E-state index is 0.0540. The largest absolute Gasteiger partial charge is 0.416 e. The van der Waals surface area contributed by atoms with Crippen LogP contribution in [0.1, 0.15) is 29.5 Å². The number of hydrogen-bond donors (Lipinski definition) is 1. The van der Waals surface area contributed by atoms with E-state index >= 15 is 0 Å². The molecule has 0 saturated carbocycles. The van der Waals surface area contributed by atoms with Gasteiger partial charge in [-0.25, -0.2) is 0 Å². The summed E-state index contributed by atoms with van der Waals surface area (Å²) in [4.78, 5) is 15.0.